The molecule has 4 heteroatoms. The van der Waals surface area contributed by atoms with E-state index in [-0.39, 0.29) is 0 Å². The molecule has 0 amide bonds. The number of nitrogens with one attached hydrogen (secondary N) is 1. The summed E-state index contributed by atoms with van der Waals surface area (Å²) >= 11 is 0. The van der Waals surface area contributed by atoms with Crippen molar-refractivity contribution in [1.29, 1.82) is 0 Å². The highest BCUT2D eigenvalue weighted by molar-refractivity contribution is 7.90. The Morgan fingerprint density at radius 1 is 1.10 bits per heavy atom. The van der Waals surface area contributed by atoms with E-state index >= 15 is 0 Å². The van der Waals surface area contributed by atoms with Gasteiger partial charge in [-0.1, -0.05) is 39.3 Å². The van der Waals surface area contributed by atoms with E-state index in [0.29, 0.717) is 16.9 Å². The lowest BCUT2D eigenvalue weighted by atomic mass is 9.90. The summed E-state index contributed by atoms with van der Waals surface area (Å²) in [6.45, 7) is 7.59. The van der Waals surface area contributed by atoms with Crippen LogP contribution < -0.4 is 5.32 Å². The minimum absolute atomic E-state index is 0.384. The van der Waals surface area contributed by atoms with Gasteiger partial charge in [-0.2, -0.15) is 0 Å². The summed E-state index contributed by atoms with van der Waals surface area (Å²) < 4.78 is 23.0. The minimum Gasteiger partial charge on any atom is -0.313 e. The molecule has 20 heavy (non-hydrogen) atoms. The molecule has 1 rings (SSSR count). The van der Waals surface area contributed by atoms with Crippen LogP contribution in [-0.4, -0.2) is 27.3 Å². The standard InChI is InChI=1S/C16H27NO2S/c1-5-7-16(17-12-6-2)13(3)14-8-10-15(11-9-14)20(4,18)19/h8-11,13,16-17H,5-7,12H2,1-4H3. The first-order valence-electron chi connectivity index (χ1n) is 7.43. The monoisotopic (exact) mass is 297 g/mol. The molecule has 2 atom stereocenters. The summed E-state index contributed by atoms with van der Waals surface area (Å²) in [6, 6.07) is 7.76. The van der Waals surface area contributed by atoms with Gasteiger partial charge in [0.25, 0.3) is 0 Å². The second-order valence-electron chi connectivity index (χ2n) is 5.48. The molecule has 0 heterocycles. The maximum atomic E-state index is 11.5. The Morgan fingerprint density at radius 2 is 1.70 bits per heavy atom. The van der Waals surface area contributed by atoms with Crippen molar-refractivity contribution in [3.63, 3.8) is 0 Å². The van der Waals surface area contributed by atoms with Crippen LogP contribution in [-0.2, 0) is 9.84 Å². The first-order valence-corrected chi connectivity index (χ1v) is 9.32. The number of hydrogen-bond donors (Lipinski definition) is 1. The summed E-state index contributed by atoms with van der Waals surface area (Å²) in [6.07, 6.45) is 4.65. The molecule has 0 radical (unpaired) electrons. The fourth-order valence-electron chi connectivity index (χ4n) is 2.42. The summed E-state index contributed by atoms with van der Waals surface area (Å²) in [7, 11) is -3.11. The van der Waals surface area contributed by atoms with E-state index in [2.05, 4.69) is 26.1 Å². The molecule has 0 aromatic heterocycles. The normalized spacial score (nSPS) is 15.0. The van der Waals surface area contributed by atoms with Crippen LogP contribution in [0.4, 0.5) is 0 Å². The highest BCUT2D eigenvalue weighted by Crippen LogP contribution is 2.23. The molecule has 0 aliphatic carbocycles. The van der Waals surface area contributed by atoms with Crippen molar-refractivity contribution < 1.29 is 8.42 Å². The van der Waals surface area contributed by atoms with Gasteiger partial charge in [0.05, 0.1) is 4.90 Å². The van der Waals surface area contributed by atoms with E-state index in [4.69, 9.17) is 0 Å². The molecule has 0 saturated heterocycles. The van der Waals surface area contributed by atoms with Gasteiger partial charge in [-0.15, -0.1) is 0 Å². The van der Waals surface area contributed by atoms with Crippen molar-refractivity contribution in [3.8, 4) is 0 Å². The molecular formula is C16H27NO2S. The van der Waals surface area contributed by atoms with Crippen molar-refractivity contribution in [1.82, 2.24) is 5.32 Å². The van der Waals surface area contributed by atoms with Crippen LogP contribution in [0.5, 0.6) is 0 Å². The van der Waals surface area contributed by atoms with Crippen molar-refractivity contribution in [2.45, 2.75) is 56.9 Å². The van der Waals surface area contributed by atoms with Crippen LogP contribution in [0.2, 0.25) is 0 Å². The quantitative estimate of drug-likeness (QED) is 0.800. The maximum absolute atomic E-state index is 11.5. The van der Waals surface area contributed by atoms with Gasteiger partial charge in [-0.3, -0.25) is 0 Å². The van der Waals surface area contributed by atoms with Gasteiger partial charge in [0.15, 0.2) is 9.84 Å². The average Bonchev–Trinajstić information content (AvgIpc) is 2.42. The van der Waals surface area contributed by atoms with Gasteiger partial charge in [-0.25, -0.2) is 8.42 Å². The Bertz CT molecular complexity index is 494. The predicted octanol–water partition coefficient (Wildman–Crippen LogP) is 3.36. The van der Waals surface area contributed by atoms with Crippen molar-refractivity contribution in [3.05, 3.63) is 29.8 Å². The second kappa shape index (κ2) is 7.79. The van der Waals surface area contributed by atoms with Gasteiger partial charge in [-0.05, 0) is 43.0 Å². The average molecular weight is 297 g/mol. The largest absolute Gasteiger partial charge is 0.313 e. The zero-order chi connectivity index (χ0) is 15.2. The molecule has 0 bridgehead atoms. The van der Waals surface area contributed by atoms with Gasteiger partial charge in [0, 0.05) is 12.3 Å². The third kappa shape index (κ3) is 4.91. The Labute approximate surface area is 123 Å². The first-order chi connectivity index (χ1) is 9.40. The Balaban J connectivity index is 2.86. The number of rotatable bonds is 8. The molecule has 1 aromatic carbocycles. The summed E-state index contributed by atoms with van der Waals surface area (Å²) in [5.74, 6) is 0.384. The van der Waals surface area contributed by atoms with E-state index in [1.807, 2.05) is 12.1 Å². The highest BCUT2D eigenvalue weighted by atomic mass is 32.2. The van der Waals surface area contributed by atoms with E-state index in [1.54, 1.807) is 12.1 Å². The van der Waals surface area contributed by atoms with Crippen molar-refractivity contribution in [2.75, 3.05) is 12.8 Å². The summed E-state index contributed by atoms with van der Waals surface area (Å²) in [5, 5.41) is 3.60. The Morgan fingerprint density at radius 3 is 2.15 bits per heavy atom. The van der Waals surface area contributed by atoms with Crippen LogP contribution in [0.1, 0.15) is 51.5 Å². The maximum Gasteiger partial charge on any atom is 0.175 e. The molecule has 0 aliphatic heterocycles. The van der Waals surface area contributed by atoms with E-state index in [1.165, 1.54) is 11.8 Å². The molecule has 0 saturated carbocycles. The SMILES string of the molecule is CCCNC(CCC)C(C)c1ccc(S(C)(=O)=O)cc1. The van der Waals surface area contributed by atoms with Crippen molar-refractivity contribution >= 4 is 9.84 Å². The lowest BCUT2D eigenvalue weighted by Crippen LogP contribution is -2.34. The predicted molar refractivity (Wildman–Crippen MR) is 85.0 cm³/mol. The molecule has 1 N–H and O–H groups in total. The minimum atomic E-state index is -3.11. The molecule has 1 aromatic rings. The highest BCUT2D eigenvalue weighted by Gasteiger charge is 2.18. The van der Waals surface area contributed by atoms with Crippen LogP contribution in [0.25, 0.3) is 0 Å². The zero-order valence-electron chi connectivity index (χ0n) is 13.0. The van der Waals surface area contributed by atoms with E-state index in [0.717, 1.165) is 25.8 Å². The number of hydrogen-bond acceptors (Lipinski definition) is 3. The van der Waals surface area contributed by atoms with Crippen LogP contribution in [0, 0.1) is 0 Å². The van der Waals surface area contributed by atoms with Crippen LogP contribution in [0.15, 0.2) is 29.2 Å². The smallest absolute Gasteiger partial charge is 0.175 e. The van der Waals surface area contributed by atoms with Gasteiger partial charge < -0.3 is 5.32 Å². The fourth-order valence-corrected chi connectivity index (χ4v) is 3.05. The molecule has 114 valence electrons. The zero-order valence-corrected chi connectivity index (χ0v) is 13.8. The first kappa shape index (κ1) is 17.2. The molecule has 3 nitrogen and oxygen atoms in total. The second-order valence-corrected chi connectivity index (χ2v) is 7.49. The molecule has 0 aliphatic rings. The van der Waals surface area contributed by atoms with Gasteiger partial charge >= 0.3 is 0 Å². The number of sulfone groups is 1. The van der Waals surface area contributed by atoms with Crippen LogP contribution in [0.3, 0.4) is 0 Å². The summed E-state index contributed by atoms with van der Waals surface area (Å²) in [5.41, 5.74) is 1.19. The molecule has 0 fully saturated rings. The van der Waals surface area contributed by atoms with Crippen LogP contribution >= 0.6 is 0 Å². The van der Waals surface area contributed by atoms with Gasteiger partial charge in [0.1, 0.15) is 0 Å². The molecular weight excluding hydrogens is 270 g/mol. The third-order valence-corrected chi connectivity index (χ3v) is 4.82. The van der Waals surface area contributed by atoms with Crippen molar-refractivity contribution in [2.24, 2.45) is 0 Å². The number of benzene rings is 1. The molecule has 0 spiro atoms. The topological polar surface area (TPSA) is 46.2 Å². The third-order valence-electron chi connectivity index (χ3n) is 3.69. The molecule has 2 unspecified atom stereocenters. The Kier molecular flexibility index (Phi) is 6.69. The summed E-state index contributed by atoms with van der Waals surface area (Å²) in [4.78, 5) is 0.391. The van der Waals surface area contributed by atoms with Gasteiger partial charge in [0.2, 0.25) is 0 Å². The fraction of sp³-hybridized carbons (Fsp3) is 0.625. The lowest BCUT2D eigenvalue weighted by molar-refractivity contribution is 0.420. The van der Waals surface area contributed by atoms with E-state index < -0.39 is 9.84 Å². The van der Waals surface area contributed by atoms with E-state index in [9.17, 15) is 8.42 Å². The lowest BCUT2D eigenvalue weighted by Gasteiger charge is -2.25. The Hall–Kier alpha value is -0.870.